The number of hydrogen-bond acceptors (Lipinski definition) is 3. The molecule has 2 aliphatic heterocycles. The molecule has 0 aromatic carbocycles. The number of thioether (sulfide) groups is 1. The highest BCUT2D eigenvalue weighted by Gasteiger charge is 2.24. The van der Waals surface area contributed by atoms with Crippen molar-refractivity contribution in [2.45, 2.75) is 32.2 Å². The Balaban J connectivity index is 0.00000144. The lowest BCUT2D eigenvalue weighted by atomic mass is 10.0. The molecule has 0 spiro atoms. The highest BCUT2D eigenvalue weighted by atomic mass is 35.5. The second-order valence-corrected chi connectivity index (χ2v) is 6.06. The Kier molecular flexibility index (Phi) is 6.67. The van der Waals surface area contributed by atoms with Crippen LogP contribution in [0.2, 0.25) is 0 Å². The highest BCUT2D eigenvalue weighted by molar-refractivity contribution is 7.99. The minimum absolute atomic E-state index is 0. The standard InChI is InChI=1S/C12H22N2OS.ClH/c1-10-9-16-7-6-14(10)12(15)3-2-11-4-5-13-8-11;/h10-11,13H,2-9H2,1H3;1H. The molecule has 3 nitrogen and oxygen atoms in total. The minimum Gasteiger partial charge on any atom is -0.338 e. The number of rotatable bonds is 3. The van der Waals surface area contributed by atoms with Crippen LogP contribution in [-0.2, 0) is 4.79 Å². The molecule has 1 amide bonds. The lowest BCUT2D eigenvalue weighted by Crippen LogP contribution is -2.44. The van der Waals surface area contributed by atoms with Crippen molar-refractivity contribution in [2.24, 2.45) is 5.92 Å². The molecule has 5 heteroatoms. The van der Waals surface area contributed by atoms with Crippen molar-refractivity contribution in [2.75, 3.05) is 31.1 Å². The van der Waals surface area contributed by atoms with Gasteiger partial charge in [-0.2, -0.15) is 11.8 Å². The summed E-state index contributed by atoms with van der Waals surface area (Å²) in [6, 6.07) is 0.438. The van der Waals surface area contributed by atoms with Crippen LogP contribution in [0.25, 0.3) is 0 Å². The van der Waals surface area contributed by atoms with E-state index in [1.165, 1.54) is 6.42 Å². The largest absolute Gasteiger partial charge is 0.338 e. The fourth-order valence-electron chi connectivity index (χ4n) is 2.53. The van der Waals surface area contributed by atoms with Crippen LogP contribution in [0.3, 0.4) is 0 Å². The van der Waals surface area contributed by atoms with Gasteiger partial charge in [0.15, 0.2) is 0 Å². The summed E-state index contributed by atoms with van der Waals surface area (Å²) in [6.45, 7) is 5.36. The Hall–Kier alpha value is 0.0700. The number of amides is 1. The Morgan fingerprint density at radius 3 is 3.00 bits per heavy atom. The van der Waals surface area contributed by atoms with Crippen LogP contribution in [0.15, 0.2) is 0 Å². The topological polar surface area (TPSA) is 32.3 Å². The first-order chi connectivity index (χ1) is 7.77. The number of carbonyl (C=O) groups is 1. The van der Waals surface area contributed by atoms with E-state index in [1.807, 2.05) is 11.8 Å². The van der Waals surface area contributed by atoms with E-state index in [4.69, 9.17) is 0 Å². The van der Waals surface area contributed by atoms with E-state index in [1.54, 1.807) is 0 Å². The van der Waals surface area contributed by atoms with Crippen molar-refractivity contribution in [1.29, 1.82) is 0 Å². The van der Waals surface area contributed by atoms with E-state index in [9.17, 15) is 4.79 Å². The molecule has 17 heavy (non-hydrogen) atoms. The summed E-state index contributed by atoms with van der Waals surface area (Å²) in [7, 11) is 0. The molecule has 0 bridgehead atoms. The molecule has 0 aromatic heterocycles. The molecule has 2 fully saturated rings. The SMILES string of the molecule is CC1CSCCN1C(=O)CCC1CCNC1.Cl. The first kappa shape index (κ1) is 15.1. The lowest BCUT2D eigenvalue weighted by molar-refractivity contribution is -0.132. The maximum atomic E-state index is 12.1. The van der Waals surface area contributed by atoms with Crippen LogP contribution in [-0.4, -0.2) is 48.0 Å². The summed E-state index contributed by atoms with van der Waals surface area (Å²) < 4.78 is 0. The maximum absolute atomic E-state index is 12.1. The summed E-state index contributed by atoms with van der Waals surface area (Å²) >= 11 is 1.96. The summed E-state index contributed by atoms with van der Waals surface area (Å²) in [6.07, 6.45) is 3.07. The first-order valence-corrected chi connectivity index (χ1v) is 7.51. The number of hydrogen-bond donors (Lipinski definition) is 1. The Morgan fingerprint density at radius 2 is 2.35 bits per heavy atom. The van der Waals surface area contributed by atoms with Crippen LogP contribution < -0.4 is 5.32 Å². The summed E-state index contributed by atoms with van der Waals surface area (Å²) in [5.41, 5.74) is 0. The molecule has 2 aliphatic rings. The van der Waals surface area contributed by atoms with Crippen molar-refractivity contribution in [3.63, 3.8) is 0 Å². The highest BCUT2D eigenvalue weighted by Crippen LogP contribution is 2.19. The summed E-state index contributed by atoms with van der Waals surface area (Å²) in [5, 5.41) is 3.36. The van der Waals surface area contributed by atoms with Gasteiger partial charge in [0.1, 0.15) is 0 Å². The average molecular weight is 279 g/mol. The van der Waals surface area contributed by atoms with Crippen molar-refractivity contribution >= 4 is 30.1 Å². The molecule has 0 aliphatic carbocycles. The van der Waals surface area contributed by atoms with Gasteiger partial charge < -0.3 is 10.2 Å². The third-order valence-electron chi connectivity index (χ3n) is 3.62. The molecule has 2 saturated heterocycles. The van der Waals surface area contributed by atoms with Crippen molar-refractivity contribution < 1.29 is 4.79 Å². The zero-order valence-corrected chi connectivity index (χ0v) is 12.1. The van der Waals surface area contributed by atoms with Crippen molar-refractivity contribution in [3.05, 3.63) is 0 Å². The van der Waals surface area contributed by atoms with E-state index in [2.05, 4.69) is 17.1 Å². The van der Waals surface area contributed by atoms with E-state index in [0.717, 1.165) is 49.9 Å². The monoisotopic (exact) mass is 278 g/mol. The fourth-order valence-corrected chi connectivity index (χ4v) is 3.54. The molecule has 0 aromatic rings. The second-order valence-electron chi connectivity index (χ2n) is 4.91. The molecular formula is C12H23ClN2OS. The quantitative estimate of drug-likeness (QED) is 0.854. The van der Waals surface area contributed by atoms with Crippen LogP contribution in [0.1, 0.15) is 26.2 Å². The predicted octanol–water partition coefficient (Wildman–Crippen LogP) is 1.76. The number of nitrogens with one attached hydrogen (secondary N) is 1. The smallest absolute Gasteiger partial charge is 0.222 e. The molecule has 2 heterocycles. The van der Waals surface area contributed by atoms with Gasteiger partial charge in [-0.15, -0.1) is 12.4 Å². The third-order valence-corrected chi connectivity index (χ3v) is 4.81. The lowest BCUT2D eigenvalue weighted by Gasteiger charge is -2.33. The molecule has 2 unspecified atom stereocenters. The first-order valence-electron chi connectivity index (χ1n) is 6.35. The number of halogens is 1. The minimum atomic E-state index is 0. The van der Waals surface area contributed by atoms with Gasteiger partial charge >= 0.3 is 0 Å². The van der Waals surface area contributed by atoms with E-state index in [0.29, 0.717) is 11.9 Å². The van der Waals surface area contributed by atoms with Crippen molar-refractivity contribution in [3.8, 4) is 0 Å². The molecule has 0 saturated carbocycles. The van der Waals surface area contributed by atoms with Gasteiger partial charge in [0, 0.05) is 30.5 Å². The van der Waals surface area contributed by atoms with Gasteiger partial charge in [-0.05, 0) is 38.8 Å². The molecule has 2 rings (SSSR count). The van der Waals surface area contributed by atoms with Crippen molar-refractivity contribution in [1.82, 2.24) is 10.2 Å². The second kappa shape index (κ2) is 7.49. The van der Waals surface area contributed by atoms with Gasteiger partial charge in [0.05, 0.1) is 0 Å². The van der Waals surface area contributed by atoms with Gasteiger partial charge in [0.2, 0.25) is 5.91 Å². The predicted molar refractivity (Wildman–Crippen MR) is 76.0 cm³/mol. The van der Waals surface area contributed by atoms with Crippen LogP contribution in [0.4, 0.5) is 0 Å². The number of carbonyl (C=O) groups excluding carboxylic acids is 1. The van der Waals surface area contributed by atoms with E-state index in [-0.39, 0.29) is 12.4 Å². The fraction of sp³-hybridized carbons (Fsp3) is 0.917. The zero-order valence-electron chi connectivity index (χ0n) is 10.5. The van der Waals surface area contributed by atoms with Crippen LogP contribution >= 0.6 is 24.2 Å². The maximum Gasteiger partial charge on any atom is 0.222 e. The van der Waals surface area contributed by atoms with E-state index < -0.39 is 0 Å². The average Bonchev–Trinajstić information content (AvgIpc) is 2.79. The van der Waals surface area contributed by atoms with Gasteiger partial charge in [0.25, 0.3) is 0 Å². The molecule has 100 valence electrons. The Morgan fingerprint density at radius 1 is 1.53 bits per heavy atom. The Labute approximate surface area is 114 Å². The van der Waals surface area contributed by atoms with Crippen LogP contribution in [0, 0.1) is 5.92 Å². The summed E-state index contributed by atoms with van der Waals surface area (Å²) in [4.78, 5) is 14.1. The van der Waals surface area contributed by atoms with E-state index >= 15 is 0 Å². The summed E-state index contributed by atoms with van der Waals surface area (Å²) in [5.74, 6) is 3.33. The molecule has 1 N–H and O–H groups in total. The van der Waals surface area contributed by atoms with Gasteiger partial charge in [-0.25, -0.2) is 0 Å². The Bertz CT molecular complexity index is 247. The van der Waals surface area contributed by atoms with Crippen LogP contribution in [0.5, 0.6) is 0 Å². The number of nitrogens with zero attached hydrogens (tertiary/aromatic N) is 1. The molecule has 2 atom stereocenters. The van der Waals surface area contributed by atoms with Gasteiger partial charge in [-0.3, -0.25) is 4.79 Å². The molecular weight excluding hydrogens is 256 g/mol. The normalized spacial score (nSPS) is 28.9. The third kappa shape index (κ3) is 4.34. The van der Waals surface area contributed by atoms with Gasteiger partial charge in [-0.1, -0.05) is 0 Å². The molecule has 0 radical (unpaired) electrons. The zero-order chi connectivity index (χ0) is 11.4.